The number of amides is 2. The van der Waals surface area contributed by atoms with Crippen LogP contribution in [0.4, 0.5) is 5.82 Å². The van der Waals surface area contributed by atoms with E-state index in [1.165, 1.54) is 6.42 Å². The number of aromatic nitrogens is 2. The van der Waals surface area contributed by atoms with Crippen LogP contribution in [-0.4, -0.2) is 63.8 Å². The van der Waals surface area contributed by atoms with E-state index in [1.807, 2.05) is 17.0 Å². The van der Waals surface area contributed by atoms with E-state index in [9.17, 15) is 9.59 Å². The molecule has 0 aliphatic carbocycles. The number of nitrogens with zero attached hydrogens (tertiary/aromatic N) is 4. The van der Waals surface area contributed by atoms with Crippen molar-refractivity contribution in [3.05, 3.63) is 54.0 Å². The highest BCUT2D eigenvalue weighted by molar-refractivity contribution is 5.99. The molecule has 0 spiro atoms. The number of likely N-dealkylation sites (tertiary alicyclic amines) is 2. The van der Waals surface area contributed by atoms with Crippen LogP contribution in [0.15, 0.2) is 42.7 Å². The summed E-state index contributed by atoms with van der Waals surface area (Å²) in [6, 6.07) is 9.05. The molecule has 4 rings (SSSR count). The molecule has 0 saturated carbocycles. The van der Waals surface area contributed by atoms with Crippen LogP contribution >= 0.6 is 0 Å². The van der Waals surface area contributed by atoms with Gasteiger partial charge in [0.2, 0.25) is 0 Å². The lowest BCUT2D eigenvalue weighted by atomic mass is 10.1. The lowest BCUT2D eigenvalue weighted by Crippen LogP contribution is -2.36. The van der Waals surface area contributed by atoms with E-state index in [0.29, 0.717) is 30.2 Å². The Labute approximate surface area is 164 Å². The minimum atomic E-state index is -0.0597. The van der Waals surface area contributed by atoms with Crippen LogP contribution in [0, 0.1) is 0 Å². The molecule has 2 aliphatic heterocycles. The fraction of sp³-hybridized carbons (Fsp3) is 0.429. The third kappa shape index (κ3) is 3.98. The number of piperidine rings is 1. The number of pyridine rings is 2. The summed E-state index contributed by atoms with van der Waals surface area (Å²) in [5, 5.41) is 3.39. The highest BCUT2D eigenvalue weighted by Gasteiger charge is 2.29. The van der Waals surface area contributed by atoms with Gasteiger partial charge in [-0.2, -0.15) is 0 Å². The predicted molar refractivity (Wildman–Crippen MR) is 106 cm³/mol. The van der Waals surface area contributed by atoms with E-state index < -0.39 is 0 Å². The maximum Gasteiger partial charge on any atom is 0.272 e. The van der Waals surface area contributed by atoms with Crippen LogP contribution in [0.3, 0.4) is 0 Å². The van der Waals surface area contributed by atoms with Crippen molar-refractivity contribution in [3.8, 4) is 0 Å². The Morgan fingerprint density at radius 1 is 0.893 bits per heavy atom. The molecule has 4 heterocycles. The van der Waals surface area contributed by atoms with Gasteiger partial charge in [-0.3, -0.25) is 14.6 Å². The molecule has 1 atom stereocenters. The van der Waals surface area contributed by atoms with Crippen molar-refractivity contribution >= 4 is 17.6 Å². The Balaban J connectivity index is 1.42. The first kappa shape index (κ1) is 18.4. The Morgan fingerprint density at radius 2 is 1.71 bits per heavy atom. The molecule has 7 heteroatoms. The number of nitrogens with one attached hydrogen (secondary N) is 1. The maximum absolute atomic E-state index is 12.9. The van der Waals surface area contributed by atoms with Crippen molar-refractivity contribution in [2.24, 2.45) is 0 Å². The molecule has 1 unspecified atom stereocenters. The monoisotopic (exact) mass is 379 g/mol. The van der Waals surface area contributed by atoms with Crippen molar-refractivity contribution in [1.82, 2.24) is 19.8 Å². The van der Waals surface area contributed by atoms with Crippen LogP contribution < -0.4 is 5.32 Å². The Kier molecular flexibility index (Phi) is 5.50. The lowest BCUT2D eigenvalue weighted by molar-refractivity contribution is 0.0723. The van der Waals surface area contributed by atoms with Crippen LogP contribution in [0.2, 0.25) is 0 Å². The molecule has 2 aliphatic rings. The van der Waals surface area contributed by atoms with E-state index in [-0.39, 0.29) is 17.9 Å². The summed E-state index contributed by atoms with van der Waals surface area (Å²) in [4.78, 5) is 37.8. The van der Waals surface area contributed by atoms with Gasteiger partial charge in [-0.15, -0.1) is 0 Å². The van der Waals surface area contributed by atoms with Crippen LogP contribution in [0.5, 0.6) is 0 Å². The minimum Gasteiger partial charge on any atom is -0.365 e. The normalized spacial score (nSPS) is 19.5. The lowest BCUT2D eigenvalue weighted by Gasteiger charge is -2.27. The largest absolute Gasteiger partial charge is 0.365 e. The molecule has 0 radical (unpaired) electrons. The summed E-state index contributed by atoms with van der Waals surface area (Å²) in [6.07, 6.45) is 7.44. The number of carbonyl (C=O) groups excluding carboxylic acids is 2. The molecular weight excluding hydrogens is 354 g/mol. The van der Waals surface area contributed by atoms with Gasteiger partial charge >= 0.3 is 0 Å². The third-order valence-electron chi connectivity index (χ3n) is 5.38. The molecule has 0 bridgehead atoms. The molecular formula is C21H25N5O2. The average Bonchev–Trinajstić information content (AvgIpc) is 3.23. The number of hydrogen-bond acceptors (Lipinski definition) is 5. The number of hydrogen-bond donors (Lipinski definition) is 1. The van der Waals surface area contributed by atoms with Crippen molar-refractivity contribution in [2.75, 3.05) is 31.5 Å². The molecule has 7 nitrogen and oxygen atoms in total. The Morgan fingerprint density at radius 3 is 2.50 bits per heavy atom. The number of carbonyl (C=O) groups is 2. The van der Waals surface area contributed by atoms with E-state index in [1.54, 1.807) is 35.5 Å². The molecule has 2 amide bonds. The zero-order valence-corrected chi connectivity index (χ0v) is 15.9. The van der Waals surface area contributed by atoms with Crippen molar-refractivity contribution in [2.45, 2.75) is 31.7 Å². The van der Waals surface area contributed by atoms with Gasteiger partial charge in [0.25, 0.3) is 11.8 Å². The maximum atomic E-state index is 12.9. The minimum absolute atomic E-state index is 0.0368. The summed E-state index contributed by atoms with van der Waals surface area (Å²) >= 11 is 0. The van der Waals surface area contributed by atoms with Crippen LogP contribution in [-0.2, 0) is 0 Å². The van der Waals surface area contributed by atoms with Gasteiger partial charge in [0.05, 0.1) is 5.56 Å². The number of rotatable bonds is 4. The summed E-state index contributed by atoms with van der Waals surface area (Å²) < 4.78 is 0. The summed E-state index contributed by atoms with van der Waals surface area (Å²) in [5.41, 5.74) is 1.07. The van der Waals surface area contributed by atoms with Gasteiger partial charge < -0.3 is 15.1 Å². The number of anilines is 1. The van der Waals surface area contributed by atoms with Gasteiger partial charge in [-0.1, -0.05) is 6.07 Å². The Hall–Kier alpha value is -2.96. The van der Waals surface area contributed by atoms with Gasteiger partial charge in [-0.05, 0) is 49.9 Å². The average molecular weight is 379 g/mol. The second-order valence-electron chi connectivity index (χ2n) is 7.35. The van der Waals surface area contributed by atoms with E-state index in [0.717, 1.165) is 32.4 Å². The molecule has 146 valence electrons. The third-order valence-corrected chi connectivity index (χ3v) is 5.38. The predicted octanol–water partition coefficient (Wildman–Crippen LogP) is 2.43. The first-order valence-corrected chi connectivity index (χ1v) is 9.93. The van der Waals surface area contributed by atoms with Gasteiger partial charge in [0.15, 0.2) is 0 Å². The highest BCUT2D eigenvalue weighted by Crippen LogP contribution is 2.21. The van der Waals surface area contributed by atoms with Crippen LogP contribution in [0.25, 0.3) is 0 Å². The van der Waals surface area contributed by atoms with Gasteiger partial charge in [-0.25, -0.2) is 4.98 Å². The van der Waals surface area contributed by atoms with Crippen molar-refractivity contribution in [3.63, 3.8) is 0 Å². The highest BCUT2D eigenvalue weighted by atomic mass is 16.2. The second kappa shape index (κ2) is 8.37. The zero-order valence-electron chi connectivity index (χ0n) is 15.9. The quantitative estimate of drug-likeness (QED) is 0.883. The summed E-state index contributed by atoms with van der Waals surface area (Å²) in [5.74, 6) is 0.584. The SMILES string of the molecule is O=C(c1ccccn1)N1CCC(Nc2ncccc2C(=O)N2CCCCC2)C1. The molecule has 2 aromatic heterocycles. The van der Waals surface area contributed by atoms with Crippen LogP contribution in [0.1, 0.15) is 46.5 Å². The molecule has 28 heavy (non-hydrogen) atoms. The van der Waals surface area contributed by atoms with E-state index >= 15 is 0 Å². The van der Waals surface area contributed by atoms with E-state index in [2.05, 4.69) is 15.3 Å². The smallest absolute Gasteiger partial charge is 0.272 e. The second-order valence-corrected chi connectivity index (χ2v) is 7.35. The zero-order chi connectivity index (χ0) is 19.3. The molecule has 2 saturated heterocycles. The van der Waals surface area contributed by atoms with Crippen molar-refractivity contribution in [1.29, 1.82) is 0 Å². The fourth-order valence-electron chi connectivity index (χ4n) is 3.87. The summed E-state index contributed by atoms with van der Waals surface area (Å²) in [7, 11) is 0. The van der Waals surface area contributed by atoms with E-state index in [4.69, 9.17) is 0 Å². The standard InChI is InChI=1S/C21H25N5O2/c27-20(25-12-4-1-5-13-25)17-7-6-11-23-19(17)24-16-9-14-26(15-16)21(28)18-8-2-3-10-22-18/h2-3,6-8,10-11,16H,1,4-5,9,12-15H2,(H,23,24). The first-order valence-electron chi connectivity index (χ1n) is 9.93. The fourth-order valence-corrected chi connectivity index (χ4v) is 3.87. The Bertz CT molecular complexity index is 836. The molecule has 2 aromatic rings. The molecule has 2 fully saturated rings. The summed E-state index contributed by atoms with van der Waals surface area (Å²) in [6.45, 7) is 2.85. The first-order chi connectivity index (χ1) is 13.7. The molecule has 1 N–H and O–H groups in total. The topological polar surface area (TPSA) is 78.4 Å². The van der Waals surface area contributed by atoms with Crippen molar-refractivity contribution < 1.29 is 9.59 Å². The van der Waals surface area contributed by atoms with Gasteiger partial charge in [0.1, 0.15) is 11.5 Å². The molecule has 0 aromatic carbocycles. The van der Waals surface area contributed by atoms with Gasteiger partial charge in [0, 0.05) is 44.6 Å².